The predicted octanol–water partition coefficient (Wildman–Crippen LogP) is 4.47. The van der Waals surface area contributed by atoms with Crippen LogP contribution in [0.4, 0.5) is 10.8 Å². The summed E-state index contributed by atoms with van der Waals surface area (Å²) in [5.41, 5.74) is 2.59. The second-order valence-electron chi connectivity index (χ2n) is 6.77. The first-order valence-corrected chi connectivity index (χ1v) is 10.9. The topological polar surface area (TPSA) is 54.9 Å². The van der Waals surface area contributed by atoms with Gasteiger partial charge in [-0.25, -0.2) is 4.98 Å². The third kappa shape index (κ3) is 4.59. The van der Waals surface area contributed by atoms with Gasteiger partial charge in [-0.3, -0.25) is 4.79 Å². The third-order valence-corrected chi connectivity index (χ3v) is 6.09. The largest absolute Gasteiger partial charge is 0.497 e. The fourth-order valence-electron chi connectivity index (χ4n) is 3.26. The van der Waals surface area contributed by atoms with Crippen LogP contribution in [0.1, 0.15) is 0 Å². The second kappa shape index (κ2) is 9.47. The molecule has 30 heavy (non-hydrogen) atoms. The molecular formula is C22H22ClN3O3S. The van der Waals surface area contributed by atoms with Gasteiger partial charge in [-0.1, -0.05) is 23.7 Å². The minimum Gasteiger partial charge on any atom is -0.497 e. The van der Waals surface area contributed by atoms with Gasteiger partial charge in [0.05, 0.1) is 36.7 Å². The molecular weight excluding hydrogens is 422 g/mol. The lowest BCUT2D eigenvalue weighted by Gasteiger charge is -2.30. The van der Waals surface area contributed by atoms with Gasteiger partial charge < -0.3 is 19.3 Å². The Kier molecular flexibility index (Phi) is 6.52. The van der Waals surface area contributed by atoms with Crippen molar-refractivity contribution in [2.24, 2.45) is 0 Å². The molecule has 0 aliphatic carbocycles. The number of para-hydroxylation sites is 1. The number of ether oxygens (including phenoxy) is 2. The molecule has 0 atom stereocenters. The van der Waals surface area contributed by atoms with E-state index < -0.39 is 0 Å². The summed E-state index contributed by atoms with van der Waals surface area (Å²) < 4.78 is 10.6. The van der Waals surface area contributed by atoms with E-state index in [1.807, 2.05) is 63.7 Å². The van der Waals surface area contributed by atoms with Gasteiger partial charge in [0.1, 0.15) is 12.3 Å². The molecule has 2 heterocycles. The maximum absolute atomic E-state index is 13.0. The summed E-state index contributed by atoms with van der Waals surface area (Å²) in [4.78, 5) is 21.5. The van der Waals surface area contributed by atoms with Crippen LogP contribution in [-0.2, 0) is 9.53 Å². The van der Waals surface area contributed by atoms with Gasteiger partial charge in [0, 0.05) is 24.0 Å². The first-order chi connectivity index (χ1) is 14.7. The minimum atomic E-state index is 0.0272. The van der Waals surface area contributed by atoms with Crippen LogP contribution in [0.25, 0.3) is 11.3 Å². The SMILES string of the molecule is COc1ccc(-c2csc(N(CC(=O)N3CCOCC3)c3ccccc3Cl)n2)cc1. The van der Waals surface area contributed by atoms with E-state index in [2.05, 4.69) is 0 Å². The number of amides is 1. The monoisotopic (exact) mass is 443 g/mol. The number of benzene rings is 2. The summed E-state index contributed by atoms with van der Waals surface area (Å²) in [6.45, 7) is 2.50. The molecule has 0 saturated carbocycles. The summed E-state index contributed by atoms with van der Waals surface area (Å²) in [6, 6.07) is 15.3. The lowest BCUT2D eigenvalue weighted by atomic mass is 10.2. The van der Waals surface area contributed by atoms with Gasteiger partial charge in [-0.15, -0.1) is 11.3 Å². The number of nitrogens with zero attached hydrogens (tertiary/aromatic N) is 3. The molecule has 0 spiro atoms. The molecule has 0 bridgehead atoms. The first kappa shape index (κ1) is 20.7. The quantitative estimate of drug-likeness (QED) is 0.562. The zero-order valence-corrected chi connectivity index (χ0v) is 18.2. The Morgan fingerprint density at radius 3 is 2.63 bits per heavy atom. The first-order valence-electron chi connectivity index (χ1n) is 9.63. The second-order valence-corrected chi connectivity index (χ2v) is 8.02. The summed E-state index contributed by atoms with van der Waals surface area (Å²) >= 11 is 7.96. The van der Waals surface area contributed by atoms with E-state index in [0.717, 1.165) is 27.8 Å². The number of morpholine rings is 1. The smallest absolute Gasteiger partial charge is 0.242 e. The molecule has 0 N–H and O–H groups in total. The van der Waals surface area contributed by atoms with E-state index in [1.165, 1.54) is 11.3 Å². The molecule has 1 aromatic heterocycles. The van der Waals surface area contributed by atoms with Crippen LogP contribution in [0.5, 0.6) is 5.75 Å². The van der Waals surface area contributed by atoms with Crippen molar-refractivity contribution in [3.63, 3.8) is 0 Å². The summed E-state index contributed by atoms with van der Waals surface area (Å²) in [7, 11) is 1.64. The van der Waals surface area contributed by atoms with Gasteiger partial charge in [-0.05, 0) is 36.4 Å². The molecule has 4 rings (SSSR count). The normalized spacial score (nSPS) is 13.9. The van der Waals surface area contributed by atoms with Gasteiger partial charge in [0.25, 0.3) is 0 Å². The van der Waals surface area contributed by atoms with E-state index in [4.69, 9.17) is 26.1 Å². The average Bonchev–Trinajstić information content (AvgIpc) is 3.28. The maximum atomic E-state index is 13.0. The molecule has 1 aliphatic heterocycles. The van der Waals surface area contributed by atoms with Gasteiger partial charge >= 0.3 is 0 Å². The number of anilines is 2. The molecule has 0 radical (unpaired) electrons. The van der Waals surface area contributed by atoms with Crippen LogP contribution in [0, 0.1) is 0 Å². The number of halogens is 1. The van der Waals surface area contributed by atoms with Gasteiger partial charge in [-0.2, -0.15) is 0 Å². The summed E-state index contributed by atoms with van der Waals surface area (Å²) in [5.74, 6) is 0.822. The standard InChI is InChI=1S/C22H22ClN3O3S/c1-28-17-8-6-16(7-9-17)19-15-30-22(24-19)26(20-5-3-2-4-18(20)23)14-21(27)25-10-12-29-13-11-25/h2-9,15H,10-14H2,1H3. The fourth-order valence-corrected chi connectivity index (χ4v) is 4.34. The van der Waals surface area contributed by atoms with Crippen LogP contribution in [-0.4, -0.2) is 55.7 Å². The van der Waals surface area contributed by atoms with Crippen molar-refractivity contribution >= 4 is 39.7 Å². The highest BCUT2D eigenvalue weighted by atomic mass is 35.5. The highest BCUT2D eigenvalue weighted by Crippen LogP contribution is 2.36. The minimum absolute atomic E-state index is 0.0272. The Bertz CT molecular complexity index is 1000. The highest BCUT2D eigenvalue weighted by Gasteiger charge is 2.24. The van der Waals surface area contributed by atoms with Crippen molar-refractivity contribution in [1.29, 1.82) is 0 Å². The number of hydrogen-bond donors (Lipinski definition) is 0. The van der Waals surface area contributed by atoms with Crippen molar-refractivity contribution in [1.82, 2.24) is 9.88 Å². The average molecular weight is 444 g/mol. The van der Waals surface area contributed by atoms with Crippen molar-refractivity contribution in [3.8, 4) is 17.0 Å². The summed E-state index contributed by atoms with van der Waals surface area (Å²) in [6.07, 6.45) is 0. The van der Waals surface area contributed by atoms with Crippen molar-refractivity contribution in [3.05, 3.63) is 58.9 Å². The van der Waals surface area contributed by atoms with Crippen LogP contribution in [0.3, 0.4) is 0 Å². The summed E-state index contributed by atoms with van der Waals surface area (Å²) in [5, 5.41) is 3.28. The fraction of sp³-hybridized carbons (Fsp3) is 0.273. The lowest BCUT2D eigenvalue weighted by molar-refractivity contribution is -0.133. The van der Waals surface area contributed by atoms with Crippen molar-refractivity contribution in [2.75, 3.05) is 44.9 Å². The lowest BCUT2D eigenvalue weighted by Crippen LogP contribution is -2.45. The third-order valence-electron chi connectivity index (χ3n) is 4.91. The zero-order chi connectivity index (χ0) is 20.9. The van der Waals surface area contributed by atoms with Gasteiger partial charge in [0.2, 0.25) is 5.91 Å². The number of rotatable bonds is 6. The number of aromatic nitrogens is 1. The van der Waals surface area contributed by atoms with Gasteiger partial charge in [0.15, 0.2) is 5.13 Å². The number of methoxy groups -OCH3 is 1. The van der Waals surface area contributed by atoms with E-state index >= 15 is 0 Å². The van der Waals surface area contributed by atoms with Crippen LogP contribution in [0.2, 0.25) is 5.02 Å². The van der Waals surface area contributed by atoms with E-state index in [1.54, 1.807) is 7.11 Å². The molecule has 1 fully saturated rings. The number of hydrogen-bond acceptors (Lipinski definition) is 6. The molecule has 3 aromatic rings. The number of thiazole rings is 1. The maximum Gasteiger partial charge on any atom is 0.242 e. The Morgan fingerprint density at radius 1 is 1.20 bits per heavy atom. The van der Waals surface area contributed by atoms with Crippen molar-refractivity contribution in [2.45, 2.75) is 0 Å². The van der Waals surface area contributed by atoms with Crippen LogP contribution < -0.4 is 9.64 Å². The molecule has 6 nitrogen and oxygen atoms in total. The molecule has 0 unspecified atom stereocenters. The molecule has 1 amide bonds. The Balaban J connectivity index is 1.63. The number of carbonyl (C=O) groups excluding carboxylic acids is 1. The molecule has 8 heteroatoms. The number of carbonyl (C=O) groups is 1. The van der Waals surface area contributed by atoms with Crippen LogP contribution >= 0.6 is 22.9 Å². The molecule has 1 saturated heterocycles. The van der Waals surface area contributed by atoms with E-state index in [0.29, 0.717) is 31.3 Å². The Morgan fingerprint density at radius 2 is 1.93 bits per heavy atom. The Hall–Kier alpha value is -2.61. The molecule has 2 aromatic carbocycles. The molecule has 156 valence electrons. The zero-order valence-electron chi connectivity index (χ0n) is 16.6. The predicted molar refractivity (Wildman–Crippen MR) is 120 cm³/mol. The highest BCUT2D eigenvalue weighted by molar-refractivity contribution is 7.14. The molecule has 1 aliphatic rings. The van der Waals surface area contributed by atoms with Crippen LogP contribution in [0.15, 0.2) is 53.9 Å². The van der Waals surface area contributed by atoms with E-state index in [9.17, 15) is 4.79 Å². The van der Waals surface area contributed by atoms with E-state index in [-0.39, 0.29) is 12.5 Å². The van der Waals surface area contributed by atoms with Crippen molar-refractivity contribution < 1.29 is 14.3 Å². The Labute approximate surface area is 184 Å².